The van der Waals surface area contributed by atoms with Crippen molar-refractivity contribution in [2.45, 2.75) is 13.0 Å². The number of hydrogen-bond acceptors (Lipinski definition) is 4. The molecule has 1 amide bonds. The van der Waals surface area contributed by atoms with E-state index in [0.29, 0.717) is 17.0 Å². The lowest BCUT2D eigenvalue weighted by molar-refractivity contribution is 0.0930. The summed E-state index contributed by atoms with van der Waals surface area (Å²) in [6.45, 7) is 1.83. The van der Waals surface area contributed by atoms with Crippen LogP contribution in [0, 0.1) is 0 Å². The molecule has 2 aromatic rings. The van der Waals surface area contributed by atoms with Gasteiger partial charge in [0.2, 0.25) is 0 Å². The molecule has 0 bridgehead atoms. The molecule has 0 aliphatic rings. The molecular formula is C13H13N3O2S. The van der Waals surface area contributed by atoms with Crippen LogP contribution in [0.4, 0.5) is 0 Å². The molecule has 2 heterocycles. The Morgan fingerprint density at radius 1 is 1.47 bits per heavy atom. The molecule has 0 spiro atoms. The first kappa shape index (κ1) is 13.2. The highest BCUT2D eigenvalue weighted by Crippen LogP contribution is 2.12. The summed E-state index contributed by atoms with van der Waals surface area (Å²) in [5.41, 5.74) is 6.40. The predicted octanol–water partition coefficient (Wildman–Crippen LogP) is 1.80. The average Bonchev–Trinajstić information content (AvgIpc) is 2.92. The number of carbonyl (C=O) groups excluding carboxylic acids is 1. The summed E-state index contributed by atoms with van der Waals surface area (Å²) in [4.78, 5) is 16.2. The molecule has 1 unspecified atom stereocenters. The molecule has 1 atom stereocenters. The van der Waals surface area contributed by atoms with E-state index in [1.54, 1.807) is 30.5 Å². The van der Waals surface area contributed by atoms with Gasteiger partial charge < -0.3 is 15.5 Å². The fourth-order valence-electron chi connectivity index (χ4n) is 1.55. The number of nitrogens with one attached hydrogen (secondary N) is 1. The summed E-state index contributed by atoms with van der Waals surface area (Å²) in [6, 6.07) is 6.60. The molecule has 19 heavy (non-hydrogen) atoms. The second-order valence-corrected chi connectivity index (χ2v) is 4.45. The molecule has 0 fully saturated rings. The Morgan fingerprint density at radius 3 is 2.79 bits per heavy atom. The van der Waals surface area contributed by atoms with Gasteiger partial charge in [0.25, 0.3) is 5.91 Å². The summed E-state index contributed by atoms with van der Waals surface area (Å²) in [7, 11) is 0. The van der Waals surface area contributed by atoms with Gasteiger partial charge in [0, 0.05) is 11.8 Å². The van der Waals surface area contributed by atoms with Gasteiger partial charge in [-0.3, -0.25) is 9.78 Å². The maximum Gasteiger partial charge on any atom is 0.270 e. The maximum absolute atomic E-state index is 12.0. The van der Waals surface area contributed by atoms with Crippen molar-refractivity contribution in [2.24, 2.45) is 5.73 Å². The number of nitrogens with two attached hydrogens (primary N) is 1. The lowest BCUT2D eigenvalue weighted by Crippen LogP contribution is -2.27. The van der Waals surface area contributed by atoms with Crippen LogP contribution in [0.3, 0.4) is 0 Å². The van der Waals surface area contributed by atoms with Crippen molar-refractivity contribution in [3.63, 3.8) is 0 Å². The Morgan fingerprint density at radius 2 is 2.26 bits per heavy atom. The van der Waals surface area contributed by atoms with Gasteiger partial charge in [0.1, 0.15) is 16.4 Å². The van der Waals surface area contributed by atoms with Gasteiger partial charge in [-0.15, -0.1) is 0 Å². The van der Waals surface area contributed by atoms with Gasteiger partial charge in [-0.05, 0) is 31.2 Å². The van der Waals surface area contributed by atoms with Crippen molar-refractivity contribution in [3.8, 4) is 0 Å². The summed E-state index contributed by atoms with van der Waals surface area (Å²) >= 11 is 4.82. The number of pyridine rings is 1. The van der Waals surface area contributed by atoms with E-state index in [1.807, 2.05) is 6.92 Å². The smallest absolute Gasteiger partial charge is 0.270 e. The summed E-state index contributed by atoms with van der Waals surface area (Å²) in [6.07, 6.45) is 3.04. The van der Waals surface area contributed by atoms with E-state index in [9.17, 15) is 4.79 Å². The van der Waals surface area contributed by atoms with E-state index < -0.39 is 0 Å². The van der Waals surface area contributed by atoms with Crippen molar-refractivity contribution < 1.29 is 9.21 Å². The van der Waals surface area contributed by atoms with Crippen molar-refractivity contribution in [1.29, 1.82) is 0 Å². The molecule has 0 saturated carbocycles. The SMILES string of the molecule is CC(NC(=O)c1ccc(C(N)=S)cn1)c1ccco1. The highest BCUT2D eigenvalue weighted by atomic mass is 32.1. The van der Waals surface area contributed by atoms with Crippen LogP contribution in [-0.4, -0.2) is 15.9 Å². The lowest BCUT2D eigenvalue weighted by Gasteiger charge is -2.11. The van der Waals surface area contributed by atoms with Crippen LogP contribution in [0.25, 0.3) is 0 Å². The summed E-state index contributed by atoms with van der Waals surface area (Å²) in [5, 5.41) is 2.79. The molecule has 0 aromatic carbocycles. The Bertz CT molecular complexity index is 578. The summed E-state index contributed by atoms with van der Waals surface area (Å²) in [5.74, 6) is 0.409. The van der Waals surface area contributed by atoms with Crippen LogP contribution in [0.1, 0.15) is 34.8 Å². The van der Waals surface area contributed by atoms with E-state index in [-0.39, 0.29) is 16.9 Å². The normalized spacial score (nSPS) is 11.8. The van der Waals surface area contributed by atoms with Crippen LogP contribution in [0.5, 0.6) is 0 Å². The third-order valence-electron chi connectivity index (χ3n) is 2.60. The fourth-order valence-corrected chi connectivity index (χ4v) is 1.67. The van der Waals surface area contributed by atoms with Gasteiger partial charge in [0.15, 0.2) is 0 Å². The molecular weight excluding hydrogens is 262 g/mol. The van der Waals surface area contributed by atoms with Crippen molar-refractivity contribution in [3.05, 3.63) is 53.7 Å². The first-order chi connectivity index (χ1) is 9.08. The molecule has 0 aliphatic heterocycles. The van der Waals surface area contributed by atoms with Crippen LogP contribution >= 0.6 is 12.2 Å². The van der Waals surface area contributed by atoms with Gasteiger partial charge in [-0.2, -0.15) is 0 Å². The Kier molecular flexibility index (Phi) is 3.91. The molecule has 2 rings (SSSR count). The van der Waals surface area contributed by atoms with Crippen molar-refractivity contribution >= 4 is 23.1 Å². The van der Waals surface area contributed by atoms with E-state index in [2.05, 4.69) is 10.3 Å². The molecule has 98 valence electrons. The van der Waals surface area contributed by atoms with Crippen molar-refractivity contribution in [2.75, 3.05) is 0 Å². The third-order valence-corrected chi connectivity index (χ3v) is 2.83. The zero-order valence-electron chi connectivity index (χ0n) is 10.3. The minimum absolute atomic E-state index is 0.223. The molecule has 3 N–H and O–H groups in total. The second kappa shape index (κ2) is 5.62. The minimum atomic E-state index is -0.279. The van der Waals surface area contributed by atoms with Crippen LogP contribution in [0.15, 0.2) is 41.1 Å². The second-order valence-electron chi connectivity index (χ2n) is 4.01. The van der Waals surface area contributed by atoms with Crippen molar-refractivity contribution in [1.82, 2.24) is 10.3 Å². The first-order valence-electron chi connectivity index (χ1n) is 5.68. The van der Waals surface area contributed by atoms with E-state index >= 15 is 0 Å². The first-order valence-corrected chi connectivity index (χ1v) is 6.09. The highest BCUT2D eigenvalue weighted by Gasteiger charge is 2.14. The van der Waals surface area contributed by atoms with E-state index in [4.69, 9.17) is 22.4 Å². The largest absolute Gasteiger partial charge is 0.467 e. The van der Waals surface area contributed by atoms with Crippen LogP contribution < -0.4 is 11.1 Å². The Balaban J connectivity index is 2.05. The van der Waals surface area contributed by atoms with E-state index in [0.717, 1.165) is 0 Å². The van der Waals surface area contributed by atoms with Gasteiger partial charge in [-0.1, -0.05) is 12.2 Å². The number of rotatable bonds is 4. The molecule has 6 heteroatoms. The molecule has 0 radical (unpaired) electrons. The lowest BCUT2D eigenvalue weighted by atomic mass is 10.2. The average molecular weight is 275 g/mol. The maximum atomic E-state index is 12.0. The topological polar surface area (TPSA) is 81.2 Å². The van der Waals surface area contributed by atoms with Gasteiger partial charge in [-0.25, -0.2) is 0 Å². The Hall–Kier alpha value is -2.21. The number of hydrogen-bond donors (Lipinski definition) is 2. The van der Waals surface area contributed by atoms with Crippen LogP contribution in [0.2, 0.25) is 0 Å². The number of thiocarbonyl (C=S) groups is 1. The monoisotopic (exact) mass is 275 g/mol. The highest BCUT2D eigenvalue weighted by molar-refractivity contribution is 7.80. The number of aromatic nitrogens is 1. The van der Waals surface area contributed by atoms with E-state index in [1.165, 1.54) is 6.20 Å². The quantitative estimate of drug-likeness (QED) is 0.832. The zero-order chi connectivity index (χ0) is 13.8. The predicted molar refractivity (Wildman–Crippen MR) is 74.7 cm³/mol. The standard InChI is InChI=1S/C13H13N3O2S/c1-8(11-3-2-6-18-11)16-13(17)10-5-4-9(7-15-10)12(14)19/h2-8H,1H3,(H2,14,19)(H,16,17). The number of amides is 1. The molecule has 5 nitrogen and oxygen atoms in total. The summed E-state index contributed by atoms with van der Waals surface area (Å²) < 4.78 is 5.21. The fraction of sp³-hybridized carbons (Fsp3) is 0.154. The molecule has 0 aliphatic carbocycles. The van der Waals surface area contributed by atoms with Gasteiger partial charge in [0.05, 0.1) is 12.3 Å². The zero-order valence-corrected chi connectivity index (χ0v) is 11.1. The van der Waals surface area contributed by atoms with Gasteiger partial charge >= 0.3 is 0 Å². The Labute approximate surface area is 115 Å². The third kappa shape index (κ3) is 3.17. The number of nitrogens with zero attached hydrogens (tertiary/aromatic N) is 1. The number of furan rings is 1. The van der Waals surface area contributed by atoms with Crippen LogP contribution in [-0.2, 0) is 0 Å². The molecule has 0 saturated heterocycles. The molecule has 2 aromatic heterocycles. The number of carbonyl (C=O) groups is 1. The minimum Gasteiger partial charge on any atom is -0.467 e.